The maximum Gasteiger partial charge on any atom is 0.0963 e. The Balaban J connectivity index is 2.64. The summed E-state index contributed by atoms with van der Waals surface area (Å²) in [6.07, 6.45) is 1.86. The topological polar surface area (TPSA) is 43.8 Å². The third-order valence-corrected chi connectivity index (χ3v) is 2.61. The maximum atomic E-state index is 5.74. The molecular weight excluding hydrogens is 174 g/mol. The number of rotatable bonds is 2. The van der Waals surface area contributed by atoms with E-state index in [1.54, 1.807) is 0 Å². The number of imidazole rings is 1. The average Bonchev–Trinajstić information content (AvgIpc) is 2.61. The molecule has 0 bridgehead atoms. The van der Waals surface area contributed by atoms with Crippen LogP contribution in [-0.4, -0.2) is 16.1 Å². The molecule has 1 aromatic heterocycles. The van der Waals surface area contributed by atoms with Gasteiger partial charge in [0.05, 0.1) is 22.9 Å². The van der Waals surface area contributed by atoms with Gasteiger partial charge >= 0.3 is 0 Å². The number of nitrogens with two attached hydrogens (primary N) is 1. The van der Waals surface area contributed by atoms with Crippen LogP contribution in [-0.2, 0) is 5.54 Å². The molecule has 2 aromatic rings. The summed E-state index contributed by atoms with van der Waals surface area (Å²) < 4.78 is 2.13. The Hall–Kier alpha value is -1.35. The fourth-order valence-corrected chi connectivity index (χ4v) is 1.54. The first-order valence-corrected chi connectivity index (χ1v) is 4.78. The van der Waals surface area contributed by atoms with Gasteiger partial charge in [-0.05, 0) is 26.0 Å². The minimum Gasteiger partial charge on any atom is -0.328 e. The fraction of sp³-hybridized carbons (Fsp3) is 0.364. The number of hydrogen-bond donors (Lipinski definition) is 1. The van der Waals surface area contributed by atoms with Gasteiger partial charge < -0.3 is 10.3 Å². The lowest BCUT2D eigenvalue weighted by atomic mass is 10.1. The van der Waals surface area contributed by atoms with Gasteiger partial charge in [0.15, 0.2) is 0 Å². The number of aromatic nitrogens is 2. The minimum atomic E-state index is -0.0733. The van der Waals surface area contributed by atoms with Crippen molar-refractivity contribution in [3.63, 3.8) is 0 Å². The van der Waals surface area contributed by atoms with E-state index in [0.717, 1.165) is 11.0 Å². The van der Waals surface area contributed by atoms with Crippen LogP contribution in [0.15, 0.2) is 30.6 Å². The van der Waals surface area contributed by atoms with E-state index in [1.807, 2.05) is 24.5 Å². The molecule has 2 rings (SSSR count). The van der Waals surface area contributed by atoms with Gasteiger partial charge in [-0.1, -0.05) is 12.1 Å². The van der Waals surface area contributed by atoms with E-state index in [9.17, 15) is 0 Å². The second kappa shape index (κ2) is 3.10. The van der Waals surface area contributed by atoms with Gasteiger partial charge in [0.2, 0.25) is 0 Å². The summed E-state index contributed by atoms with van der Waals surface area (Å²) >= 11 is 0. The molecule has 0 radical (unpaired) electrons. The lowest BCUT2D eigenvalue weighted by molar-refractivity contribution is 0.377. The summed E-state index contributed by atoms with van der Waals surface area (Å²) in [6, 6.07) is 8.10. The number of benzene rings is 1. The van der Waals surface area contributed by atoms with Gasteiger partial charge in [-0.25, -0.2) is 4.98 Å². The van der Waals surface area contributed by atoms with Crippen LogP contribution in [0.1, 0.15) is 13.8 Å². The first-order chi connectivity index (χ1) is 6.65. The zero-order valence-corrected chi connectivity index (χ0v) is 8.57. The fourth-order valence-electron chi connectivity index (χ4n) is 1.54. The zero-order valence-electron chi connectivity index (χ0n) is 8.57. The van der Waals surface area contributed by atoms with Crippen LogP contribution >= 0.6 is 0 Å². The molecule has 0 aliphatic rings. The first-order valence-electron chi connectivity index (χ1n) is 4.78. The Bertz CT molecular complexity index is 442. The highest BCUT2D eigenvalue weighted by molar-refractivity contribution is 5.75. The highest BCUT2D eigenvalue weighted by Crippen LogP contribution is 2.20. The third kappa shape index (κ3) is 1.30. The second-order valence-electron chi connectivity index (χ2n) is 4.12. The molecule has 3 heteroatoms. The van der Waals surface area contributed by atoms with Crippen molar-refractivity contribution in [1.29, 1.82) is 0 Å². The van der Waals surface area contributed by atoms with E-state index < -0.39 is 0 Å². The lowest BCUT2D eigenvalue weighted by Crippen LogP contribution is -2.34. The number of fused-ring (bicyclic) bond motifs is 1. The van der Waals surface area contributed by atoms with E-state index in [2.05, 4.69) is 29.5 Å². The van der Waals surface area contributed by atoms with Crippen LogP contribution in [0.25, 0.3) is 11.0 Å². The molecule has 0 spiro atoms. The quantitative estimate of drug-likeness (QED) is 0.781. The molecule has 74 valence electrons. The van der Waals surface area contributed by atoms with Crippen molar-refractivity contribution in [2.24, 2.45) is 5.73 Å². The van der Waals surface area contributed by atoms with Crippen LogP contribution in [0.2, 0.25) is 0 Å². The van der Waals surface area contributed by atoms with Gasteiger partial charge in [0.1, 0.15) is 0 Å². The summed E-state index contributed by atoms with van der Waals surface area (Å²) in [4.78, 5) is 4.34. The normalized spacial score (nSPS) is 12.2. The van der Waals surface area contributed by atoms with Crippen molar-refractivity contribution in [1.82, 2.24) is 9.55 Å². The van der Waals surface area contributed by atoms with Crippen LogP contribution in [0, 0.1) is 0 Å². The highest BCUT2D eigenvalue weighted by Gasteiger charge is 2.19. The smallest absolute Gasteiger partial charge is 0.0963 e. The molecule has 14 heavy (non-hydrogen) atoms. The molecule has 1 heterocycles. The van der Waals surface area contributed by atoms with Crippen molar-refractivity contribution in [2.45, 2.75) is 19.4 Å². The largest absolute Gasteiger partial charge is 0.328 e. The molecule has 0 amide bonds. The van der Waals surface area contributed by atoms with Crippen LogP contribution < -0.4 is 5.73 Å². The van der Waals surface area contributed by atoms with E-state index in [4.69, 9.17) is 5.73 Å². The predicted octanol–water partition coefficient (Wildman–Crippen LogP) is 1.73. The zero-order chi connectivity index (χ0) is 10.2. The summed E-state index contributed by atoms with van der Waals surface area (Å²) in [5.74, 6) is 0. The molecule has 0 saturated heterocycles. The second-order valence-corrected chi connectivity index (χ2v) is 4.12. The van der Waals surface area contributed by atoms with E-state index in [-0.39, 0.29) is 5.54 Å². The Kier molecular flexibility index (Phi) is 2.04. The predicted molar refractivity (Wildman–Crippen MR) is 58.1 cm³/mol. The van der Waals surface area contributed by atoms with Crippen LogP contribution in [0.5, 0.6) is 0 Å². The summed E-state index contributed by atoms with van der Waals surface area (Å²) in [6.45, 7) is 4.83. The molecule has 2 N–H and O–H groups in total. The molecule has 0 atom stereocenters. The Morgan fingerprint density at radius 2 is 2.07 bits per heavy atom. The monoisotopic (exact) mass is 189 g/mol. The van der Waals surface area contributed by atoms with Gasteiger partial charge in [-0.15, -0.1) is 0 Å². The van der Waals surface area contributed by atoms with Crippen molar-refractivity contribution in [2.75, 3.05) is 6.54 Å². The van der Waals surface area contributed by atoms with Crippen LogP contribution in [0.3, 0.4) is 0 Å². The summed E-state index contributed by atoms with van der Waals surface area (Å²) in [7, 11) is 0. The third-order valence-electron chi connectivity index (χ3n) is 2.61. The average molecular weight is 189 g/mol. The molecule has 0 fully saturated rings. The molecule has 3 nitrogen and oxygen atoms in total. The first kappa shape index (κ1) is 9.21. The molecular formula is C11H15N3. The highest BCUT2D eigenvalue weighted by atomic mass is 15.1. The van der Waals surface area contributed by atoms with Crippen molar-refractivity contribution >= 4 is 11.0 Å². The van der Waals surface area contributed by atoms with E-state index in [0.29, 0.717) is 6.54 Å². The Morgan fingerprint density at radius 1 is 1.36 bits per heavy atom. The van der Waals surface area contributed by atoms with E-state index >= 15 is 0 Å². The summed E-state index contributed by atoms with van der Waals surface area (Å²) in [5, 5.41) is 0. The van der Waals surface area contributed by atoms with Crippen molar-refractivity contribution < 1.29 is 0 Å². The molecule has 0 aliphatic carbocycles. The Labute approximate surface area is 83.6 Å². The van der Waals surface area contributed by atoms with Gasteiger partial charge in [0, 0.05) is 6.54 Å². The lowest BCUT2D eigenvalue weighted by Gasteiger charge is -2.25. The number of nitrogens with zero attached hydrogens (tertiary/aromatic N) is 2. The van der Waals surface area contributed by atoms with Gasteiger partial charge in [-0.3, -0.25) is 0 Å². The molecule has 0 saturated carbocycles. The standard InChI is InChI=1S/C11H15N3/c1-11(2,7-12)14-8-13-9-5-3-4-6-10(9)14/h3-6,8H,7,12H2,1-2H3. The number of hydrogen-bond acceptors (Lipinski definition) is 2. The SMILES string of the molecule is CC(C)(CN)n1cnc2ccccc21. The van der Waals surface area contributed by atoms with Gasteiger partial charge in [-0.2, -0.15) is 0 Å². The van der Waals surface area contributed by atoms with Crippen LogP contribution in [0.4, 0.5) is 0 Å². The van der Waals surface area contributed by atoms with E-state index in [1.165, 1.54) is 0 Å². The molecule has 0 aliphatic heterocycles. The maximum absolute atomic E-state index is 5.74. The minimum absolute atomic E-state index is 0.0733. The van der Waals surface area contributed by atoms with Crippen molar-refractivity contribution in [3.8, 4) is 0 Å². The molecule has 0 unspecified atom stereocenters. The van der Waals surface area contributed by atoms with Gasteiger partial charge in [0.25, 0.3) is 0 Å². The number of para-hydroxylation sites is 2. The molecule has 1 aromatic carbocycles. The Morgan fingerprint density at radius 3 is 2.79 bits per heavy atom. The van der Waals surface area contributed by atoms with Crippen molar-refractivity contribution in [3.05, 3.63) is 30.6 Å². The summed E-state index contributed by atoms with van der Waals surface area (Å²) in [5.41, 5.74) is 7.83.